The molecule has 0 bridgehead atoms. The van der Waals surface area contributed by atoms with Gasteiger partial charge in [-0.3, -0.25) is 14.2 Å². The Morgan fingerprint density at radius 3 is 2.72 bits per heavy atom. The normalized spacial score (nSPS) is 24.9. The quantitative estimate of drug-likeness (QED) is 0.424. The van der Waals surface area contributed by atoms with E-state index in [1.54, 1.807) is 0 Å². The SMILES string of the molecule is O=C(CN1c2nc(NCC3OCC4CC43)cc(=O)n2CCC1C(F)(F)F)c1ccc(OC(F)F)nc1. The first kappa shape index (κ1) is 24.4. The highest BCUT2D eigenvalue weighted by Crippen LogP contribution is 2.48. The van der Waals surface area contributed by atoms with Gasteiger partial charge >= 0.3 is 12.8 Å². The summed E-state index contributed by atoms with van der Waals surface area (Å²) in [6.45, 7) is -3.06. The molecule has 4 atom stereocenters. The fourth-order valence-corrected chi connectivity index (χ4v) is 4.74. The lowest BCUT2D eigenvalue weighted by Crippen LogP contribution is -2.54. The van der Waals surface area contributed by atoms with E-state index in [1.165, 1.54) is 6.07 Å². The van der Waals surface area contributed by atoms with E-state index in [0.717, 1.165) is 34.2 Å². The first-order valence-electron chi connectivity index (χ1n) is 11.3. The summed E-state index contributed by atoms with van der Waals surface area (Å²) in [6, 6.07) is 1.31. The second kappa shape index (κ2) is 9.30. The third kappa shape index (κ3) is 4.99. The maximum absolute atomic E-state index is 13.9. The number of hydrogen-bond donors (Lipinski definition) is 1. The van der Waals surface area contributed by atoms with Crippen molar-refractivity contribution in [3.8, 4) is 5.88 Å². The number of alkyl halides is 5. The number of nitrogens with one attached hydrogen (secondary N) is 1. The van der Waals surface area contributed by atoms with E-state index in [-0.39, 0.29) is 30.0 Å². The van der Waals surface area contributed by atoms with Crippen molar-refractivity contribution >= 4 is 17.5 Å². The van der Waals surface area contributed by atoms with Crippen LogP contribution < -0.4 is 20.5 Å². The van der Waals surface area contributed by atoms with Crippen LogP contribution in [0, 0.1) is 11.8 Å². The molecule has 2 fully saturated rings. The topological polar surface area (TPSA) is 98.6 Å². The highest BCUT2D eigenvalue weighted by atomic mass is 19.4. The van der Waals surface area contributed by atoms with Crippen LogP contribution in [0.15, 0.2) is 29.2 Å². The largest absolute Gasteiger partial charge is 0.417 e. The molecule has 2 aliphatic heterocycles. The highest BCUT2D eigenvalue weighted by molar-refractivity contribution is 5.99. The molecule has 2 aromatic rings. The second-order valence-corrected chi connectivity index (χ2v) is 9.00. The number of carbonyl (C=O) groups is 1. The van der Waals surface area contributed by atoms with E-state index in [2.05, 4.69) is 20.0 Å². The molecular formula is C22H22F5N5O4. The van der Waals surface area contributed by atoms with Gasteiger partial charge in [0, 0.05) is 37.0 Å². The Kier molecular flexibility index (Phi) is 6.30. The monoisotopic (exact) mass is 515 g/mol. The number of aromatic nitrogens is 3. The number of nitrogens with zero attached hydrogens (tertiary/aromatic N) is 4. The zero-order valence-corrected chi connectivity index (χ0v) is 18.8. The molecule has 1 saturated heterocycles. The first-order chi connectivity index (χ1) is 17.1. The fourth-order valence-electron chi connectivity index (χ4n) is 4.74. The molecule has 36 heavy (non-hydrogen) atoms. The Bertz CT molecular complexity index is 1190. The molecule has 4 heterocycles. The number of rotatable bonds is 8. The van der Waals surface area contributed by atoms with E-state index in [1.807, 2.05) is 0 Å². The summed E-state index contributed by atoms with van der Waals surface area (Å²) >= 11 is 0. The predicted octanol–water partition coefficient (Wildman–Crippen LogP) is 2.71. The van der Waals surface area contributed by atoms with Crippen molar-refractivity contribution in [1.82, 2.24) is 14.5 Å². The van der Waals surface area contributed by atoms with E-state index in [0.29, 0.717) is 25.0 Å². The van der Waals surface area contributed by atoms with E-state index in [4.69, 9.17) is 4.74 Å². The molecule has 5 rings (SSSR count). The third-order valence-corrected chi connectivity index (χ3v) is 6.67. The Balaban J connectivity index is 1.39. The van der Waals surface area contributed by atoms with Gasteiger partial charge in [0.2, 0.25) is 11.8 Å². The number of ketones is 1. The molecule has 0 radical (unpaired) electrons. The summed E-state index contributed by atoms with van der Waals surface area (Å²) in [7, 11) is 0. The van der Waals surface area contributed by atoms with Gasteiger partial charge in [0.05, 0.1) is 19.3 Å². The van der Waals surface area contributed by atoms with Crippen LogP contribution in [0.3, 0.4) is 0 Å². The van der Waals surface area contributed by atoms with Gasteiger partial charge in [-0.15, -0.1) is 0 Å². The van der Waals surface area contributed by atoms with Gasteiger partial charge in [-0.1, -0.05) is 0 Å². The maximum atomic E-state index is 13.9. The lowest BCUT2D eigenvalue weighted by molar-refractivity contribution is -0.152. The smallest absolute Gasteiger partial charge is 0.408 e. The number of halogens is 5. The molecule has 0 aromatic carbocycles. The van der Waals surface area contributed by atoms with E-state index in [9.17, 15) is 31.5 Å². The van der Waals surface area contributed by atoms with Crippen LogP contribution in [0.2, 0.25) is 0 Å². The Morgan fingerprint density at radius 1 is 1.31 bits per heavy atom. The Morgan fingerprint density at radius 2 is 2.11 bits per heavy atom. The minimum Gasteiger partial charge on any atom is -0.417 e. The summed E-state index contributed by atoms with van der Waals surface area (Å²) in [5.41, 5.74) is -0.656. The summed E-state index contributed by atoms with van der Waals surface area (Å²) in [4.78, 5) is 34.2. The van der Waals surface area contributed by atoms with Crippen molar-refractivity contribution in [2.75, 3.05) is 29.9 Å². The fraction of sp³-hybridized carbons (Fsp3) is 0.545. The van der Waals surface area contributed by atoms with Crippen LogP contribution in [-0.2, 0) is 11.3 Å². The summed E-state index contributed by atoms with van der Waals surface area (Å²) in [5, 5.41) is 2.99. The molecule has 1 saturated carbocycles. The highest BCUT2D eigenvalue weighted by Gasteiger charge is 2.49. The van der Waals surface area contributed by atoms with Gasteiger partial charge in [0.1, 0.15) is 11.9 Å². The van der Waals surface area contributed by atoms with Crippen LogP contribution in [0.5, 0.6) is 5.88 Å². The number of anilines is 2. The molecule has 14 heteroatoms. The molecule has 2 aromatic heterocycles. The van der Waals surface area contributed by atoms with Crippen molar-refractivity contribution in [2.24, 2.45) is 11.8 Å². The minimum absolute atomic E-state index is 0.0549. The summed E-state index contributed by atoms with van der Waals surface area (Å²) < 4.78 is 77.3. The Hall–Kier alpha value is -3.29. The molecule has 1 aliphatic carbocycles. The average Bonchev–Trinajstić information content (AvgIpc) is 3.48. The third-order valence-electron chi connectivity index (χ3n) is 6.67. The molecule has 1 N–H and O–H groups in total. The Labute approximate surface area is 201 Å². The number of fused-ring (bicyclic) bond motifs is 2. The van der Waals surface area contributed by atoms with E-state index >= 15 is 0 Å². The van der Waals surface area contributed by atoms with Gasteiger partial charge < -0.3 is 19.7 Å². The molecule has 3 aliphatic rings. The molecule has 4 unspecified atom stereocenters. The van der Waals surface area contributed by atoms with Crippen LogP contribution in [-0.4, -0.2) is 64.9 Å². The summed E-state index contributed by atoms with van der Waals surface area (Å²) in [6.07, 6.45) is -3.19. The predicted molar refractivity (Wildman–Crippen MR) is 115 cm³/mol. The lowest BCUT2D eigenvalue weighted by atomic mass is 10.1. The van der Waals surface area contributed by atoms with E-state index < -0.39 is 49.0 Å². The van der Waals surface area contributed by atoms with Crippen molar-refractivity contribution < 1.29 is 36.2 Å². The van der Waals surface area contributed by atoms with Crippen LogP contribution in [0.4, 0.5) is 33.7 Å². The zero-order valence-electron chi connectivity index (χ0n) is 18.8. The number of Topliss-reactive ketones (excluding diaryl/α,β-unsaturated/α-hetero) is 1. The van der Waals surface area contributed by atoms with Crippen LogP contribution >= 0.6 is 0 Å². The first-order valence-corrected chi connectivity index (χ1v) is 11.3. The molecule has 194 valence electrons. The molecule has 0 spiro atoms. The van der Waals surface area contributed by atoms with Crippen molar-refractivity contribution in [1.29, 1.82) is 0 Å². The van der Waals surface area contributed by atoms with Gasteiger partial charge in [-0.2, -0.15) is 26.9 Å². The zero-order chi connectivity index (χ0) is 25.6. The minimum atomic E-state index is -4.70. The molecule has 9 nitrogen and oxygen atoms in total. The number of pyridine rings is 1. The molecular weight excluding hydrogens is 493 g/mol. The van der Waals surface area contributed by atoms with Crippen LogP contribution in [0.1, 0.15) is 23.2 Å². The maximum Gasteiger partial charge on any atom is 0.408 e. The number of ether oxygens (including phenoxy) is 2. The van der Waals surface area contributed by atoms with Gasteiger partial charge in [-0.25, -0.2) is 4.98 Å². The van der Waals surface area contributed by atoms with Crippen LogP contribution in [0.25, 0.3) is 0 Å². The average molecular weight is 515 g/mol. The second-order valence-electron chi connectivity index (χ2n) is 9.00. The molecule has 0 amide bonds. The standard InChI is InChI=1S/C22H22F5N5O4/c23-20(24)36-18-2-1-11(7-29-18)14(33)9-32-16(22(25,26)27)3-4-31-19(34)6-17(30-21(31)32)28-8-15-13-5-12(13)10-35-15/h1-2,6-7,12-13,15-16,20,28H,3-5,8-10H2. The van der Waals surface area contributed by atoms with Gasteiger partial charge in [-0.05, 0) is 30.7 Å². The van der Waals surface area contributed by atoms with Crippen molar-refractivity contribution in [3.63, 3.8) is 0 Å². The van der Waals surface area contributed by atoms with Gasteiger partial charge in [0.15, 0.2) is 5.78 Å². The van der Waals surface area contributed by atoms with Gasteiger partial charge in [0.25, 0.3) is 5.56 Å². The summed E-state index contributed by atoms with van der Waals surface area (Å²) in [5.74, 6) is -0.417. The van der Waals surface area contributed by atoms with Crippen molar-refractivity contribution in [3.05, 3.63) is 40.3 Å². The number of hydrogen-bond acceptors (Lipinski definition) is 8. The lowest BCUT2D eigenvalue weighted by Gasteiger charge is -2.38. The van der Waals surface area contributed by atoms with Crippen molar-refractivity contribution in [2.45, 2.75) is 44.3 Å². The number of carbonyl (C=O) groups excluding carboxylic acids is 1.